The Hall–Kier alpha value is -4.17. The number of aryl methyl sites for hydroxylation is 2. The number of carbonyl (C=O) groups is 1. The number of nitrogens with one attached hydrogen (secondary N) is 1. The number of hydrogen-bond acceptors (Lipinski definition) is 4. The lowest BCUT2D eigenvalue weighted by atomic mass is 9.96. The number of carboxylic acids is 1. The van der Waals surface area contributed by atoms with Crippen LogP contribution in [0, 0.1) is 20.8 Å². The largest absolute Gasteiger partial charge is 0.497 e. The highest BCUT2D eigenvalue weighted by Crippen LogP contribution is 2.44. The monoisotopic (exact) mass is 512 g/mol. The Balaban J connectivity index is 1.68. The first kappa shape index (κ1) is 24.5. The molecule has 1 aliphatic heterocycles. The van der Waals surface area contributed by atoms with Crippen LogP contribution in [0.25, 0.3) is 5.69 Å². The lowest BCUT2D eigenvalue weighted by molar-refractivity contribution is 0.0697. The van der Waals surface area contributed by atoms with Gasteiger partial charge in [-0.2, -0.15) is 0 Å². The summed E-state index contributed by atoms with van der Waals surface area (Å²) >= 11 is 5.86. The highest BCUT2D eigenvalue weighted by atomic mass is 32.1. The van der Waals surface area contributed by atoms with E-state index >= 15 is 0 Å². The second-order valence-electron chi connectivity index (χ2n) is 9.16. The van der Waals surface area contributed by atoms with Gasteiger partial charge in [-0.1, -0.05) is 12.1 Å². The second-order valence-corrected chi connectivity index (χ2v) is 9.55. The average molecular weight is 513 g/mol. The van der Waals surface area contributed by atoms with Crippen LogP contribution in [0.3, 0.4) is 0 Å². The molecule has 0 saturated carbocycles. The van der Waals surface area contributed by atoms with E-state index in [0.717, 1.165) is 45.3 Å². The lowest BCUT2D eigenvalue weighted by Gasteiger charge is -2.28. The molecule has 0 amide bonds. The Morgan fingerprint density at radius 2 is 1.81 bits per heavy atom. The first-order valence-electron chi connectivity index (χ1n) is 12.0. The smallest absolute Gasteiger partial charge is 0.335 e. The Morgan fingerprint density at radius 1 is 1.05 bits per heavy atom. The maximum Gasteiger partial charge on any atom is 0.335 e. The third kappa shape index (κ3) is 4.34. The van der Waals surface area contributed by atoms with Gasteiger partial charge in [-0.25, -0.2) is 4.79 Å². The third-order valence-electron chi connectivity index (χ3n) is 6.93. The number of carboxylic acid groups (broad SMARTS) is 1. The third-order valence-corrected chi connectivity index (χ3v) is 7.25. The molecule has 0 radical (unpaired) electrons. The van der Waals surface area contributed by atoms with E-state index in [1.165, 1.54) is 0 Å². The maximum absolute atomic E-state index is 11.7. The summed E-state index contributed by atoms with van der Waals surface area (Å²) in [6.07, 6.45) is 1.79. The van der Waals surface area contributed by atoms with Gasteiger partial charge in [-0.05, 0) is 98.7 Å². The van der Waals surface area contributed by atoms with Gasteiger partial charge in [0.15, 0.2) is 5.11 Å². The fourth-order valence-corrected chi connectivity index (χ4v) is 5.48. The SMILES string of the molecule is COc1ccc(N2C(=S)N[C@@H](c3ccccn3)[C@H]2c2cc(C)n(-c3cc(C(=O)O)ccc3C)c2C)cc1. The molecule has 37 heavy (non-hydrogen) atoms. The molecule has 1 saturated heterocycles. The number of methoxy groups -OCH3 is 1. The fourth-order valence-electron chi connectivity index (χ4n) is 5.13. The molecule has 8 heteroatoms. The van der Waals surface area contributed by atoms with E-state index in [9.17, 15) is 9.90 Å². The number of benzene rings is 2. The van der Waals surface area contributed by atoms with Gasteiger partial charge in [-0.3, -0.25) is 4.98 Å². The molecule has 188 valence electrons. The van der Waals surface area contributed by atoms with Crippen LogP contribution in [0.2, 0.25) is 0 Å². The summed E-state index contributed by atoms with van der Waals surface area (Å²) in [5.41, 5.74) is 7.02. The van der Waals surface area contributed by atoms with Crippen LogP contribution in [0.4, 0.5) is 5.69 Å². The number of rotatable bonds is 6. The number of aromatic carboxylic acids is 1. The zero-order chi connectivity index (χ0) is 26.3. The number of thiocarbonyl (C=S) groups is 1. The van der Waals surface area contributed by atoms with E-state index < -0.39 is 5.97 Å². The summed E-state index contributed by atoms with van der Waals surface area (Å²) in [5.74, 6) is -0.179. The summed E-state index contributed by atoms with van der Waals surface area (Å²) in [6, 6.07) is 20.7. The zero-order valence-corrected chi connectivity index (χ0v) is 21.9. The Bertz CT molecular complexity index is 1480. The van der Waals surface area contributed by atoms with Gasteiger partial charge in [-0.15, -0.1) is 0 Å². The minimum atomic E-state index is -0.949. The summed E-state index contributed by atoms with van der Waals surface area (Å²) in [4.78, 5) is 18.5. The van der Waals surface area contributed by atoms with Crippen molar-refractivity contribution in [3.63, 3.8) is 0 Å². The fraction of sp³-hybridized carbons (Fsp3) is 0.207. The molecule has 0 aliphatic carbocycles. The predicted molar refractivity (Wildman–Crippen MR) is 148 cm³/mol. The molecule has 7 nitrogen and oxygen atoms in total. The van der Waals surface area contributed by atoms with Crippen molar-refractivity contribution in [2.24, 2.45) is 0 Å². The van der Waals surface area contributed by atoms with E-state index in [0.29, 0.717) is 5.11 Å². The molecule has 0 bridgehead atoms. The molecule has 2 N–H and O–H groups in total. The number of hydrogen-bond donors (Lipinski definition) is 2. The number of nitrogens with zero attached hydrogens (tertiary/aromatic N) is 3. The maximum atomic E-state index is 11.7. The Labute approximate surface area is 221 Å². The quantitative estimate of drug-likeness (QED) is 0.322. The summed E-state index contributed by atoms with van der Waals surface area (Å²) in [5, 5.41) is 13.7. The van der Waals surface area contributed by atoms with Crippen molar-refractivity contribution in [2.45, 2.75) is 32.9 Å². The standard InChI is InChI=1S/C29H28N4O3S/c1-17-8-9-20(28(34)35)16-25(17)32-18(2)15-23(19(32)3)27-26(24-7-5-6-14-30-24)31-29(37)33(27)21-10-12-22(36-4)13-11-21/h5-16,26-27H,1-4H3,(H,31,37)(H,34,35)/t26-,27+/m0/s1. The number of aromatic nitrogens is 2. The average Bonchev–Trinajstić information content (AvgIpc) is 3.39. The zero-order valence-electron chi connectivity index (χ0n) is 21.1. The molecule has 0 spiro atoms. The highest BCUT2D eigenvalue weighted by Gasteiger charge is 2.42. The van der Waals surface area contributed by atoms with Crippen LogP contribution in [-0.2, 0) is 0 Å². The first-order chi connectivity index (χ1) is 17.8. The van der Waals surface area contributed by atoms with Crippen LogP contribution < -0.4 is 15.0 Å². The predicted octanol–water partition coefficient (Wildman–Crippen LogP) is 5.68. The first-order valence-corrected chi connectivity index (χ1v) is 12.4. The molecule has 2 atom stereocenters. The van der Waals surface area contributed by atoms with Crippen molar-refractivity contribution >= 4 is 29.0 Å². The highest BCUT2D eigenvalue weighted by molar-refractivity contribution is 7.80. The Morgan fingerprint density at radius 3 is 2.46 bits per heavy atom. The molecule has 3 heterocycles. The van der Waals surface area contributed by atoms with Crippen LogP contribution in [0.15, 0.2) is 72.9 Å². The second kappa shape index (κ2) is 9.71. The molecule has 0 unspecified atom stereocenters. The number of anilines is 1. The van der Waals surface area contributed by atoms with Crippen molar-refractivity contribution in [1.82, 2.24) is 14.9 Å². The minimum absolute atomic E-state index is 0.182. The van der Waals surface area contributed by atoms with Crippen molar-refractivity contribution in [3.05, 3.63) is 107 Å². The van der Waals surface area contributed by atoms with Crippen LogP contribution in [0.1, 0.15) is 50.7 Å². The summed E-state index contributed by atoms with van der Waals surface area (Å²) in [7, 11) is 1.65. The Kier molecular flexibility index (Phi) is 6.43. The van der Waals surface area contributed by atoms with Gasteiger partial charge in [0, 0.05) is 29.0 Å². The summed E-state index contributed by atoms with van der Waals surface area (Å²) < 4.78 is 7.49. The van der Waals surface area contributed by atoms with E-state index in [1.807, 2.05) is 62.4 Å². The van der Waals surface area contributed by atoms with Crippen molar-refractivity contribution in [3.8, 4) is 11.4 Å². The molecule has 2 aromatic heterocycles. The molecule has 2 aromatic carbocycles. The van der Waals surface area contributed by atoms with E-state index in [-0.39, 0.29) is 17.6 Å². The van der Waals surface area contributed by atoms with Crippen molar-refractivity contribution in [2.75, 3.05) is 12.0 Å². The van der Waals surface area contributed by atoms with Crippen LogP contribution in [-0.4, -0.2) is 32.8 Å². The summed E-state index contributed by atoms with van der Waals surface area (Å²) in [6.45, 7) is 6.10. The van der Waals surface area contributed by atoms with Gasteiger partial charge < -0.3 is 24.6 Å². The van der Waals surface area contributed by atoms with Gasteiger partial charge in [0.1, 0.15) is 5.75 Å². The van der Waals surface area contributed by atoms with E-state index in [2.05, 4.69) is 32.8 Å². The van der Waals surface area contributed by atoms with Crippen molar-refractivity contribution in [1.29, 1.82) is 0 Å². The molecule has 4 aromatic rings. The van der Waals surface area contributed by atoms with E-state index in [4.69, 9.17) is 17.0 Å². The number of ether oxygens (including phenoxy) is 1. The lowest BCUT2D eigenvalue weighted by Crippen LogP contribution is -2.29. The molecule has 1 fully saturated rings. The molecule has 1 aliphatic rings. The van der Waals surface area contributed by atoms with Crippen molar-refractivity contribution < 1.29 is 14.6 Å². The van der Waals surface area contributed by atoms with Gasteiger partial charge >= 0.3 is 5.97 Å². The van der Waals surface area contributed by atoms with Gasteiger partial charge in [0.05, 0.1) is 30.5 Å². The van der Waals surface area contributed by atoms with Gasteiger partial charge in [0.25, 0.3) is 0 Å². The van der Waals surface area contributed by atoms with Crippen LogP contribution in [0.5, 0.6) is 5.75 Å². The molecule has 5 rings (SSSR count). The van der Waals surface area contributed by atoms with Gasteiger partial charge in [0.2, 0.25) is 0 Å². The number of pyridine rings is 1. The normalized spacial score (nSPS) is 17.1. The molecular formula is C29H28N4O3S. The van der Waals surface area contributed by atoms with E-state index in [1.54, 1.807) is 25.4 Å². The van der Waals surface area contributed by atoms with Crippen LogP contribution >= 0.6 is 12.2 Å². The minimum Gasteiger partial charge on any atom is -0.497 e. The topological polar surface area (TPSA) is 79.6 Å². The molecular weight excluding hydrogens is 484 g/mol.